The molecule has 0 spiro atoms. The fourth-order valence-corrected chi connectivity index (χ4v) is 2.91. The van der Waals surface area contributed by atoms with Gasteiger partial charge in [0.05, 0.1) is 31.6 Å². The average Bonchev–Trinajstić information content (AvgIpc) is 3.34. The van der Waals surface area contributed by atoms with E-state index in [9.17, 15) is 22.8 Å². The Bertz CT molecular complexity index is 926. The molecule has 0 saturated carbocycles. The van der Waals surface area contributed by atoms with E-state index in [0.717, 1.165) is 30.4 Å². The average molecular weight is 459 g/mol. The van der Waals surface area contributed by atoms with Crippen LogP contribution >= 0.6 is 0 Å². The summed E-state index contributed by atoms with van der Waals surface area (Å²) in [6.45, 7) is 4.69. The number of hydrogen-bond donors (Lipinski definition) is 2. The summed E-state index contributed by atoms with van der Waals surface area (Å²) in [7, 11) is 2.02. The summed E-state index contributed by atoms with van der Waals surface area (Å²) in [6, 6.07) is 3.83. The minimum atomic E-state index is -5.08. The second-order valence-corrected chi connectivity index (χ2v) is 7.12. The lowest BCUT2D eigenvalue weighted by Gasteiger charge is -2.27. The molecule has 1 aliphatic heterocycles. The molecule has 176 valence electrons. The van der Waals surface area contributed by atoms with E-state index in [1.807, 2.05) is 25.4 Å². The van der Waals surface area contributed by atoms with E-state index in [-0.39, 0.29) is 18.4 Å². The molecular weight excluding hydrogens is 435 g/mol. The highest BCUT2D eigenvalue weighted by molar-refractivity contribution is 5.83. The zero-order valence-electron chi connectivity index (χ0n) is 17.6. The highest BCUT2D eigenvalue weighted by atomic mass is 19.4. The molecule has 3 rings (SSSR count). The first-order valence-electron chi connectivity index (χ1n) is 9.54. The zero-order valence-corrected chi connectivity index (χ0v) is 17.6. The highest BCUT2D eigenvalue weighted by Crippen LogP contribution is 2.15. The van der Waals surface area contributed by atoms with Gasteiger partial charge in [-0.1, -0.05) is 0 Å². The molecule has 3 heterocycles. The Balaban J connectivity index is 0.000000451. The van der Waals surface area contributed by atoms with Gasteiger partial charge in [-0.25, -0.2) is 9.78 Å². The number of alkyl halides is 3. The number of furan rings is 1. The van der Waals surface area contributed by atoms with Gasteiger partial charge in [0.25, 0.3) is 0 Å². The Morgan fingerprint density at radius 1 is 1.28 bits per heavy atom. The lowest BCUT2D eigenvalue weighted by Crippen LogP contribution is -2.43. The van der Waals surface area contributed by atoms with E-state index in [0.29, 0.717) is 19.6 Å². The molecule has 1 aliphatic rings. The lowest BCUT2D eigenvalue weighted by atomic mass is 10.3. The van der Waals surface area contributed by atoms with E-state index in [1.165, 1.54) is 6.92 Å². The van der Waals surface area contributed by atoms with Crippen LogP contribution in [-0.4, -0.2) is 68.6 Å². The molecule has 0 saturated heterocycles. The second-order valence-electron chi connectivity index (χ2n) is 7.12. The molecule has 0 atom stereocenters. The van der Waals surface area contributed by atoms with Crippen molar-refractivity contribution in [2.75, 3.05) is 20.1 Å². The molecule has 0 aliphatic carbocycles. The molecule has 10 nitrogen and oxygen atoms in total. The van der Waals surface area contributed by atoms with E-state index in [1.54, 1.807) is 11.2 Å². The molecule has 0 aromatic carbocycles. The van der Waals surface area contributed by atoms with Gasteiger partial charge in [-0.2, -0.15) is 13.2 Å². The van der Waals surface area contributed by atoms with Crippen molar-refractivity contribution < 1.29 is 37.1 Å². The minimum absolute atomic E-state index is 0.0365. The Hall–Kier alpha value is -3.35. The molecule has 0 fully saturated rings. The molecule has 2 aromatic heterocycles. The van der Waals surface area contributed by atoms with E-state index in [4.69, 9.17) is 14.3 Å². The maximum atomic E-state index is 12.1. The molecular formula is C19H24F3N5O5. The number of halogens is 3. The molecule has 0 unspecified atom stereocenters. The van der Waals surface area contributed by atoms with Gasteiger partial charge < -0.3 is 24.3 Å². The number of carbonyl (C=O) groups excluding carboxylic acids is 2. The SMILES string of the molecule is CC(=O)NCC(=O)N1CCn2cc(CN(C)Cc3ccco3)nc2C1.O=C(O)C(F)(F)F. The van der Waals surface area contributed by atoms with Crippen molar-refractivity contribution in [3.05, 3.63) is 41.9 Å². The van der Waals surface area contributed by atoms with Crippen molar-refractivity contribution in [3.8, 4) is 0 Å². The van der Waals surface area contributed by atoms with Crippen molar-refractivity contribution in [1.82, 2.24) is 24.7 Å². The van der Waals surface area contributed by atoms with E-state index >= 15 is 0 Å². The van der Waals surface area contributed by atoms with Gasteiger partial charge in [0.2, 0.25) is 11.8 Å². The van der Waals surface area contributed by atoms with Crippen LogP contribution in [0, 0.1) is 0 Å². The van der Waals surface area contributed by atoms with Crippen LogP contribution in [0.25, 0.3) is 0 Å². The van der Waals surface area contributed by atoms with Gasteiger partial charge in [-0.3, -0.25) is 14.5 Å². The van der Waals surface area contributed by atoms with Gasteiger partial charge in [0.1, 0.15) is 11.6 Å². The Morgan fingerprint density at radius 2 is 1.97 bits per heavy atom. The molecule has 0 radical (unpaired) electrons. The summed E-state index contributed by atoms with van der Waals surface area (Å²) in [6.07, 6.45) is -1.37. The molecule has 2 amide bonds. The molecule has 32 heavy (non-hydrogen) atoms. The van der Waals surface area contributed by atoms with Gasteiger partial charge in [0, 0.05) is 32.8 Å². The standard InChI is InChI=1S/C17H23N5O3.C2HF3O2/c1-13(23)18-8-17(24)22-6-5-21-10-14(19-16(21)12-22)9-20(2)11-15-4-3-7-25-15;3-2(4,5)1(6)7/h3-4,7,10H,5-6,8-9,11-12H2,1-2H3,(H,18,23);(H,6,7). The first-order valence-corrected chi connectivity index (χ1v) is 9.54. The summed E-state index contributed by atoms with van der Waals surface area (Å²) < 4.78 is 39.2. The predicted molar refractivity (Wildman–Crippen MR) is 104 cm³/mol. The number of nitrogens with one attached hydrogen (secondary N) is 1. The van der Waals surface area contributed by atoms with E-state index < -0.39 is 12.1 Å². The number of aromatic nitrogens is 2. The van der Waals surface area contributed by atoms with Crippen LogP contribution in [0.3, 0.4) is 0 Å². The maximum absolute atomic E-state index is 12.1. The number of hydrogen-bond acceptors (Lipinski definition) is 6. The Morgan fingerprint density at radius 3 is 2.53 bits per heavy atom. The van der Waals surface area contributed by atoms with Crippen LogP contribution in [0.15, 0.2) is 29.0 Å². The zero-order chi connectivity index (χ0) is 23.9. The number of carboxylic acids is 1. The van der Waals surface area contributed by atoms with Crippen LogP contribution in [0.1, 0.15) is 24.2 Å². The monoisotopic (exact) mass is 459 g/mol. The molecule has 2 aromatic rings. The van der Waals surface area contributed by atoms with Gasteiger partial charge in [-0.15, -0.1) is 0 Å². The van der Waals surface area contributed by atoms with Gasteiger partial charge in [-0.05, 0) is 19.2 Å². The Kier molecular flexibility index (Phi) is 8.41. The third-order valence-electron chi connectivity index (χ3n) is 4.37. The summed E-state index contributed by atoms with van der Waals surface area (Å²) in [4.78, 5) is 40.5. The summed E-state index contributed by atoms with van der Waals surface area (Å²) in [5, 5.41) is 9.67. The number of amides is 2. The second kappa shape index (κ2) is 10.8. The predicted octanol–water partition coefficient (Wildman–Crippen LogP) is 1.22. The van der Waals surface area contributed by atoms with Crippen LogP contribution in [0.4, 0.5) is 13.2 Å². The normalized spacial score (nSPS) is 13.2. The number of rotatable bonds is 6. The molecule has 2 N–H and O–H groups in total. The van der Waals surface area contributed by atoms with E-state index in [2.05, 4.69) is 19.8 Å². The third kappa shape index (κ3) is 7.72. The fourth-order valence-electron chi connectivity index (χ4n) is 2.91. The number of carbonyl (C=O) groups is 3. The molecule has 13 heteroatoms. The summed E-state index contributed by atoms with van der Waals surface area (Å²) in [5.74, 6) is -1.24. The highest BCUT2D eigenvalue weighted by Gasteiger charge is 2.38. The van der Waals surface area contributed by atoms with Crippen LogP contribution in [0.2, 0.25) is 0 Å². The van der Waals surface area contributed by atoms with Crippen molar-refractivity contribution in [1.29, 1.82) is 0 Å². The van der Waals surface area contributed by atoms with Crippen LogP contribution in [-0.2, 0) is 40.6 Å². The molecule has 0 bridgehead atoms. The number of carboxylic acid groups (broad SMARTS) is 1. The fraction of sp³-hybridized carbons (Fsp3) is 0.474. The number of nitrogens with zero attached hydrogens (tertiary/aromatic N) is 4. The number of imidazole rings is 1. The first-order chi connectivity index (χ1) is 15.0. The van der Waals surface area contributed by atoms with Crippen LogP contribution < -0.4 is 5.32 Å². The van der Waals surface area contributed by atoms with Gasteiger partial charge in [0.15, 0.2) is 0 Å². The van der Waals surface area contributed by atoms with Crippen molar-refractivity contribution in [3.63, 3.8) is 0 Å². The minimum Gasteiger partial charge on any atom is -0.475 e. The largest absolute Gasteiger partial charge is 0.490 e. The summed E-state index contributed by atoms with van der Waals surface area (Å²) >= 11 is 0. The first kappa shape index (κ1) is 24.9. The Labute approximate surface area is 181 Å². The summed E-state index contributed by atoms with van der Waals surface area (Å²) in [5.41, 5.74) is 0.972. The topological polar surface area (TPSA) is 121 Å². The number of fused-ring (bicyclic) bond motifs is 1. The van der Waals surface area contributed by atoms with Crippen molar-refractivity contribution >= 4 is 17.8 Å². The maximum Gasteiger partial charge on any atom is 0.490 e. The third-order valence-corrected chi connectivity index (χ3v) is 4.37. The van der Waals surface area contributed by atoms with Crippen molar-refractivity contribution in [2.45, 2.75) is 39.3 Å². The van der Waals surface area contributed by atoms with Crippen LogP contribution in [0.5, 0.6) is 0 Å². The van der Waals surface area contributed by atoms with Crippen molar-refractivity contribution in [2.24, 2.45) is 0 Å². The quantitative estimate of drug-likeness (QED) is 0.666. The van der Waals surface area contributed by atoms with Gasteiger partial charge >= 0.3 is 12.1 Å². The number of aliphatic carboxylic acids is 1. The lowest BCUT2D eigenvalue weighted by molar-refractivity contribution is -0.192. The smallest absolute Gasteiger partial charge is 0.475 e.